The molecule has 0 spiro atoms. The molecule has 1 aromatic carbocycles. The van der Waals surface area contributed by atoms with Gasteiger partial charge in [0, 0.05) is 19.6 Å². The molecule has 1 unspecified atom stereocenters. The van der Waals surface area contributed by atoms with Gasteiger partial charge in [-0.15, -0.1) is 0 Å². The van der Waals surface area contributed by atoms with Gasteiger partial charge in [-0.2, -0.15) is 4.31 Å². The highest BCUT2D eigenvalue weighted by Crippen LogP contribution is 2.36. The number of rotatable bonds is 5. The van der Waals surface area contributed by atoms with Crippen LogP contribution < -0.4 is 5.73 Å². The molecular weight excluding hydrogens is 293 g/mol. The van der Waals surface area contributed by atoms with Crippen molar-refractivity contribution in [1.29, 1.82) is 0 Å². The Morgan fingerprint density at radius 1 is 1.30 bits per heavy atom. The molecule has 2 rings (SSSR count). The number of likely N-dealkylation sites (N-methyl/N-ethyl adjacent to an activating group) is 1. The van der Waals surface area contributed by atoms with Crippen LogP contribution in [0.4, 0.5) is 13.2 Å². The van der Waals surface area contributed by atoms with Gasteiger partial charge in [-0.3, -0.25) is 0 Å². The molecule has 1 aliphatic carbocycles. The Morgan fingerprint density at radius 3 is 2.40 bits per heavy atom. The summed E-state index contributed by atoms with van der Waals surface area (Å²) in [5.41, 5.74) is 5.55. The maximum absolute atomic E-state index is 13.7. The fourth-order valence-electron chi connectivity index (χ4n) is 2.16. The van der Waals surface area contributed by atoms with E-state index in [0.29, 0.717) is 6.07 Å². The van der Waals surface area contributed by atoms with Gasteiger partial charge in [-0.1, -0.05) is 0 Å². The summed E-state index contributed by atoms with van der Waals surface area (Å²) in [7, 11) is -2.98. The van der Waals surface area contributed by atoms with E-state index in [1.54, 1.807) is 0 Å². The summed E-state index contributed by atoms with van der Waals surface area (Å²) in [4.78, 5) is -0.877. The molecule has 112 valence electrons. The van der Waals surface area contributed by atoms with Crippen LogP contribution in [0.15, 0.2) is 17.0 Å². The van der Waals surface area contributed by atoms with Crippen molar-refractivity contribution in [2.45, 2.75) is 23.8 Å². The number of nitrogens with zero attached hydrogens (tertiary/aromatic N) is 1. The van der Waals surface area contributed by atoms with Gasteiger partial charge < -0.3 is 5.73 Å². The van der Waals surface area contributed by atoms with E-state index in [9.17, 15) is 21.6 Å². The molecule has 0 radical (unpaired) electrons. The molecule has 0 heterocycles. The fraction of sp³-hybridized carbons (Fsp3) is 0.500. The normalized spacial score (nSPS) is 17.5. The molecule has 0 saturated heterocycles. The third-order valence-corrected chi connectivity index (χ3v) is 5.43. The third kappa shape index (κ3) is 2.55. The topological polar surface area (TPSA) is 63.4 Å². The lowest BCUT2D eigenvalue weighted by Crippen LogP contribution is -2.43. The monoisotopic (exact) mass is 308 g/mol. The minimum Gasteiger partial charge on any atom is -0.329 e. The molecule has 2 N–H and O–H groups in total. The Bertz CT molecular complexity index is 617. The molecule has 20 heavy (non-hydrogen) atoms. The van der Waals surface area contributed by atoms with Crippen LogP contribution in [0.25, 0.3) is 0 Å². The van der Waals surface area contributed by atoms with Crippen LogP contribution in [0, 0.1) is 23.4 Å². The number of hydrogen-bond acceptors (Lipinski definition) is 3. The van der Waals surface area contributed by atoms with Crippen molar-refractivity contribution >= 4 is 10.0 Å². The summed E-state index contributed by atoms with van der Waals surface area (Å²) in [5.74, 6) is -4.80. The molecule has 1 aliphatic rings. The van der Waals surface area contributed by atoms with Crippen molar-refractivity contribution in [2.24, 2.45) is 11.7 Å². The van der Waals surface area contributed by atoms with Crippen molar-refractivity contribution in [1.82, 2.24) is 4.31 Å². The van der Waals surface area contributed by atoms with Gasteiger partial charge in [0.15, 0.2) is 17.5 Å². The van der Waals surface area contributed by atoms with E-state index in [1.165, 1.54) is 7.05 Å². The van der Waals surface area contributed by atoms with Crippen LogP contribution in [0.2, 0.25) is 0 Å². The molecule has 0 aliphatic heterocycles. The van der Waals surface area contributed by atoms with Crippen LogP contribution >= 0.6 is 0 Å². The van der Waals surface area contributed by atoms with Gasteiger partial charge in [0.1, 0.15) is 4.90 Å². The molecule has 1 saturated carbocycles. The Morgan fingerprint density at radius 2 is 1.90 bits per heavy atom. The van der Waals surface area contributed by atoms with Crippen molar-refractivity contribution in [3.63, 3.8) is 0 Å². The third-order valence-electron chi connectivity index (χ3n) is 3.53. The zero-order chi connectivity index (χ0) is 15.1. The first-order valence-electron chi connectivity index (χ1n) is 6.12. The highest BCUT2D eigenvalue weighted by Gasteiger charge is 2.39. The predicted molar refractivity (Wildman–Crippen MR) is 66.8 cm³/mol. The summed E-state index contributed by atoms with van der Waals surface area (Å²) in [6, 6.07) is 0.848. The lowest BCUT2D eigenvalue weighted by Gasteiger charge is -2.26. The van der Waals surface area contributed by atoms with Crippen molar-refractivity contribution in [3.8, 4) is 0 Å². The minimum absolute atomic E-state index is 0.0890. The molecule has 0 bridgehead atoms. The van der Waals surface area contributed by atoms with E-state index >= 15 is 0 Å². The Hall–Kier alpha value is -1.12. The average molecular weight is 308 g/mol. The second kappa shape index (κ2) is 5.34. The number of sulfonamides is 1. The van der Waals surface area contributed by atoms with E-state index in [1.807, 2.05) is 0 Å². The summed E-state index contributed by atoms with van der Waals surface area (Å²) in [6.07, 6.45) is 1.70. The van der Waals surface area contributed by atoms with E-state index in [0.717, 1.165) is 23.2 Å². The largest absolute Gasteiger partial charge is 0.329 e. The first-order valence-corrected chi connectivity index (χ1v) is 7.56. The molecule has 0 aromatic heterocycles. The lowest BCUT2D eigenvalue weighted by molar-refractivity contribution is 0.337. The zero-order valence-corrected chi connectivity index (χ0v) is 11.6. The van der Waals surface area contributed by atoms with Crippen molar-refractivity contribution in [3.05, 3.63) is 29.6 Å². The van der Waals surface area contributed by atoms with Crippen LogP contribution in [0.3, 0.4) is 0 Å². The Kier molecular flexibility index (Phi) is 4.08. The van der Waals surface area contributed by atoms with Gasteiger partial charge in [0.2, 0.25) is 10.0 Å². The summed E-state index contributed by atoms with van der Waals surface area (Å²) in [5, 5.41) is 0. The van der Waals surface area contributed by atoms with Crippen LogP contribution in [-0.4, -0.2) is 32.4 Å². The van der Waals surface area contributed by atoms with Gasteiger partial charge >= 0.3 is 0 Å². The first-order chi connectivity index (χ1) is 9.30. The van der Waals surface area contributed by atoms with Crippen molar-refractivity contribution < 1.29 is 21.6 Å². The second-order valence-corrected chi connectivity index (χ2v) is 6.80. The van der Waals surface area contributed by atoms with Gasteiger partial charge in [-0.05, 0) is 30.9 Å². The van der Waals surface area contributed by atoms with E-state index in [4.69, 9.17) is 5.73 Å². The smallest absolute Gasteiger partial charge is 0.246 e. The zero-order valence-electron chi connectivity index (χ0n) is 10.8. The summed E-state index contributed by atoms with van der Waals surface area (Å²) < 4.78 is 65.2. The molecule has 1 fully saturated rings. The van der Waals surface area contributed by atoms with Gasteiger partial charge in [0.05, 0.1) is 0 Å². The van der Waals surface area contributed by atoms with Gasteiger partial charge in [-0.25, -0.2) is 21.6 Å². The number of halogens is 3. The minimum atomic E-state index is -4.25. The van der Waals surface area contributed by atoms with Crippen molar-refractivity contribution in [2.75, 3.05) is 13.6 Å². The number of benzene rings is 1. The average Bonchev–Trinajstić information content (AvgIpc) is 3.21. The lowest BCUT2D eigenvalue weighted by atomic mass is 10.2. The molecule has 4 nitrogen and oxygen atoms in total. The summed E-state index contributed by atoms with van der Waals surface area (Å²) in [6.45, 7) is 0.0890. The quantitative estimate of drug-likeness (QED) is 0.838. The SMILES string of the molecule is CN(C(CN)C1CC1)S(=O)(=O)c1ccc(F)c(F)c1F. The highest BCUT2D eigenvalue weighted by molar-refractivity contribution is 7.89. The van der Waals surface area contributed by atoms with Crippen LogP contribution in [0.1, 0.15) is 12.8 Å². The maximum Gasteiger partial charge on any atom is 0.246 e. The fourth-order valence-corrected chi connectivity index (χ4v) is 3.64. The van der Waals surface area contributed by atoms with E-state index in [2.05, 4.69) is 0 Å². The molecule has 1 aromatic rings. The molecule has 8 heteroatoms. The maximum atomic E-state index is 13.7. The Labute approximate surface area is 115 Å². The van der Waals surface area contributed by atoms with Gasteiger partial charge in [0.25, 0.3) is 0 Å². The number of hydrogen-bond donors (Lipinski definition) is 1. The van der Waals surface area contributed by atoms with Crippen LogP contribution in [-0.2, 0) is 10.0 Å². The molecular formula is C12H15F3N2O2S. The Balaban J connectivity index is 2.42. The van der Waals surface area contributed by atoms with E-state index in [-0.39, 0.29) is 12.5 Å². The number of nitrogens with two attached hydrogens (primary N) is 1. The standard InChI is InChI=1S/C12H15F3N2O2S/c1-17(9(6-16)7-2-3-7)20(18,19)10-5-4-8(13)11(14)12(10)15/h4-5,7,9H,2-3,6,16H2,1H3. The van der Waals surface area contributed by atoms with Crippen LogP contribution in [0.5, 0.6) is 0 Å². The first kappa shape index (κ1) is 15.3. The molecule has 0 amide bonds. The molecule has 1 atom stereocenters. The second-order valence-electron chi connectivity index (χ2n) is 4.84. The highest BCUT2D eigenvalue weighted by atomic mass is 32.2. The van der Waals surface area contributed by atoms with E-state index < -0.39 is 38.4 Å². The summed E-state index contributed by atoms with van der Waals surface area (Å²) >= 11 is 0. The predicted octanol–water partition coefficient (Wildman–Crippen LogP) is 1.46.